The monoisotopic (exact) mass is 308 g/mol. The maximum Gasteiger partial charge on any atom is 0.416 e. The number of aliphatic hydroxyl groups excluding tert-OH is 1. The van der Waals surface area contributed by atoms with Gasteiger partial charge in [-0.15, -0.1) is 0 Å². The fourth-order valence-electron chi connectivity index (χ4n) is 2.97. The molecule has 0 spiro atoms. The lowest BCUT2D eigenvalue weighted by atomic mass is 9.61. The van der Waals surface area contributed by atoms with Gasteiger partial charge in [-0.25, -0.2) is 9.97 Å². The van der Waals surface area contributed by atoms with Crippen LogP contribution in [-0.4, -0.2) is 15.1 Å². The first-order valence-corrected chi connectivity index (χ1v) is 7.06. The Morgan fingerprint density at radius 3 is 2.09 bits per heavy atom. The summed E-state index contributed by atoms with van der Waals surface area (Å²) >= 11 is 0. The molecule has 116 valence electrons. The van der Waals surface area contributed by atoms with E-state index in [9.17, 15) is 18.3 Å². The van der Waals surface area contributed by atoms with Crippen molar-refractivity contribution in [1.82, 2.24) is 9.97 Å². The molecule has 22 heavy (non-hydrogen) atoms. The average molecular weight is 308 g/mol. The molecule has 0 aliphatic heterocycles. The number of nitrogens with zero attached hydrogens (tertiary/aromatic N) is 2. The van der Waals surface area contributed by atoms with E-state index in [-0.39, 0.29) is 0 Å². The van der Waals surface area contributed by atoms with E-state index in [2.05, 4.69) is 9.97 Å². The van der Waals surface area contributed by atoms with Gasteiger partial charge in [0.25, 0.3) is 0 Å². The highest BCUT2D eigenvalue weighted by atomic mass is 19.4. The number of aromatic nitrogens is 2. The van der Waals surface area contributed by atoms with Crippen LogP contribution in [0.15, 0.2) is 42.7 Å². The topological polar surface area (TPSA) is 46.0 Å². The molecule has 0 bridgehead atoms. The Morgan fingerprint density at radius 2 is 1.64 bits per heavy atom. The molecule has 1 aromatic carbocycles. The highest BCUT2D eigenvalue weighted by Gasteiger charge is 2.47. The smallest absolute Gasteiger partial charge is 0.384 e. The van der Waals surface area contributed by atoms with Gasteiger partial charge in [0, 0.05) is 17.8 Å². The first-order valence-electron chi connectivity index (χ1n) is 7.06. The number of aliphatic hydroxyl groups is 1. The van der Waals surface area contributed by atoms with Gasteiger partial charge in [0.15, 0.2) is 5.82 Å². The van der Waals surface area contributed by atoms with E-state index in [1.807, 2.05) is 0 Å². The van der Waals surface area contributed by atoms with E-state index < -0.39 is 23.3 Å². The highest BCUT2D eigenvalue weighted by molar-refractivity contribution is 5.34. The minimum Gasteiger partial charge on any atom is -0.384 e. The first-order chi connectivity index (χ1) is 10.4. The second-order valence-electron chi connectivity index (χ2n) is 5.59. The predicted molar refractivity (Wildman–Crippen MR) is 74.0 cm³/mol. The standard InChI is InChI=1S/C16H15F3N2O/c17-16(18,19)12-5-3-11(4-6-12)15(7-1-8-15)13(22)14-20-9-2-10-21-14/h2-6,9-10,13,22H,1,7-8H2. The zero-order valence-electron chi connectivity index (χ0n) is 11.7. The molecule has 1 saturated carbocycles. The largest absolute Gasteiger partial charge is 0.416 e. The van der Waals surface area contributed by atoms with Gasteiger partial charge in [0.05, 0.1) is 5.56 Å². The summed E-state index contributed by atoms with van der Waals surface area (Å²) in [6.45, 7) is 0. The van der Waals surface area contributed by atoms with Gasteiger partial charge in [0.1, 0.15) is 6.10 Å². The molecule has 1 N–H and O–H groups in total. The summed E-state index contributed by atoms with van der Waals surface area (Å²) in [4.78, 5) is 8.14. The zero-order chi connectivity index (χ0) is 15.8. The molecule has 1 heterocycles. The van der Waals surface area contributed by atoms with Crippen molar-refractivity contribution in [2.45, 2.75) is 37.0 Å². The fraction of sp³-hybridized carbons (Fsp3) is 0.375. The Morgan fingerprint density at radius 1 is 1.05 bits per heavy atom. The summed E-state index contributed by atoms with van der Waals surface area (Å²) in [5, 5.41) is 10.6. The summed E-state index contributed by atoms with van der Waals surface area (Å²) in [6, 6.07) is 6.69. The van der Waals surface area contributed by atoms with Crippen molar-refractivity contribution in [2.75, 3.05) is 0 Å². The van der Waals surface area contributed by atoms with Crippen molar-refractivity contribution in [3.63, 3.8) is 0 Å². The Hall–Kier alpha value is -1.95. The van der Waals surface area contributed by atoms with Crippen LogP contribution >= 0.6 is 0 Å². The molecule has 1 aliphatic carbocycles. The summed E-state index contributed by atoms with van der Waals surface area (Å²) in [7, 11) is 0. The SMILES string of the molecule is OC(c1ncccn1)C1(c2ccc(C(F)(F)F)cc2)CCC1. The van der Waals surface area contributed by atoms with Crippen LogP contribution in [-0.2, 0) is 11.6 Å². The molecule has 1 aromatic heterocycles. The van der Waals surface area contributed by atoms with Gasteiger partial charge < -0.3 is 5.11 Å². The third-order valence-electron chi connectivity index (χ3n) is 4.39. The molecule has 1 fully saturated rings. The second kappa shape index (κ2) is 5.35. The summed E-state index contributed by atoms with van der Waals surface area (Å²) in [5.41, 5.74) is -0.575. The van der Waals surface area contributed by atoms with Crippen molar-refractivity contribution in [2.24, 2.45) is 0 Å². The Kier molecular flexibility index (Phi) is 3.64. The first kappa shape index (κ1) is 15.0. The number of hydrogen-bond donors (Lipinski definition) is 1. The maximum absolute atomic E-state index is 12.7. The summed E-state index contributed by atoms with van der Waals surface area (Å²) in [5.74, 6) is 0.307. The zero-order valence-corrected chi connectivity index (χ0v) is 11.7. The minimum atomic E-state index is -4.35. The number of alkyl halides is 3. The molecule has 1 atom stereocenters. The van der Waals surface area contributed by atoms with Crippen LogP contribution in [0.2, 0.25) is 0 Å². The number of rotatable bonds is 3. The van der Waals surface area contributed by atoms with Gasteiger partial charge in [0.2, 0.25) is 0 Å². The van der Waals surface area contributed by atoms with Crippen LogP contribution in [0.5, 0.6) is 0 Å². The van der Waals surface area contributed by atoms with Crippen LogP contribution in [0.4, 0.5) is 13.2 Å². The van der Waals surface area contributed by atoms with E-state index in [0.717, 1.165) is 18.6 Å². The van der Waals surface area contributed by atoms with Crippen molar-refractivity contribution < 1.29 is 18.3 Å². The molecule has 1 unspecified atom stereocenters. The lowest BCUT2D eigenvalue weighted by molar-refractivity contribution is -0.137. The van der Waals surface area contributed by atoms with Crippen LogP contribution in [0, 0.1) is 0 Å². The molecular formula is C16H15F3N2O. The quantitative estimate of drug-likeness (QED) is 0.941. The van der Waals surface area contributed by atoms with Crippen LogP contribution < -0.4 is 0 Å². The Labute approximate surface area is 125 Å². The van der Waals surface area contributed by atoms with Gasteiger partial charge in [-0.05, 0) is 36.6 Å². The minimum absolute atomic E-state index is 0.307. The molecule has 6 heteroatoms. The lowest BCUT2D eigenvalue weighted by Crippen LogP contribution is -2.41. The molecule has 2 aromatic rings. The third kappa shape index (κ3) is 2.47. The molecule has 0 amide bonds. The van der Waals surface area contributed by atoms with Crippen LogP contribution in [0.1, 0.15) is 42.3 Å². The van der Waals surface area contributed by atoms with Gasteiger partial charge >= 0.3 is 6.18 Å². The molecular weight excluding hydrogens is 293 g/mol. The van der Waals surface area contributed by atoms with Gasteiger partial charge in [-0.1, -0.05) is 18.6 Å². The van der Waals surface area contributed by atoms with Crippen molar-refractivity contribution >= 4 is 0 Å². The van der Waals surface area contributed by atoms with E-state index in [1.54, 1.807) is 18.5 Å². The summed E-state index contributed by atoms with van der Waals surface area (Å²) in [6.07, 6.45) is 0.154. The normalized spacial score (nSPS) is 18.5. The maximum atomic E-state index is 12.7. The molecule has 0 radical (unpaired) electrons. The summed E-state index contributed by atoms with van der Waals surface area (Å²) < 4.78 is 38.0. The second-order valence-corrected chi connectivity index (χ2v) is 5.59. The number of benzene rings is 1. The van der Waals surface area contributed by atoms with Crippen molar-refractivity contribution in [3.05, 3.63) is 59.7 Å². The van der Waals surface area contributed by atoms with Crippen LogP contribution in [0.25, 0.3) is 0 Å². The molecule has 0 saturated heterocycles. The number of halogens is 3. The van der Waals surface area contributed by atoms with E-state index in [4.69, 9.17) is 0 Å². The Bertz CT molecular complexity index is 637. The lowest BCUT2D eigenvalue weighted by Gasteiger charge is -2.45. The molecule has 3 nitrogen and oxygen atoms in total. The van der Waals surface area contributed by atoms with Crippen LogP contribution in [0.3, 0.4) is 0 Å². The van der Waals surface area contributed by atoms with Crippen molar-refractivity contribution in [3.8, 4) is 0 Å². The third-order valence-corrected chi connectivity index (χ3v) is 4.39. The number of hydrogen-bond acceptors (Lipinski definition) is 3. The van der Waals surface area contributed by atoms with E-state index in [0.29, 0.717) is 24.2 Å². The Balaban J connectivity index is 1.93. The molecule has 1 aliphatic rings. The van der Waals surface area contributed by atoms with Crippen molar-refractivity contribution in [1.29, 1.82) is 0 Å². The molecule has 3 rings (SSSR count). The van der Waals surface area contributed by atoms with Gasteiger partial charge in [-0.2, -0.15) is 13.2 Å². The van der Waals surface area contributed by atoms with Gasteiger partial charge in [-0.3, -0.25) is 0 Å². The van der Waals surface area contributed by atoms with E-state index in [1.165, 1.54) is 12.1 Å². The average Bonchev–Trinajstić information content (AvgIpc) is 2.46. The highest BCUT2D eigenvalue weighted by Crippen LogP contribution is 2.51. The van der Waals surface area contributed by atoms with E-state index >= 15 is 0 Å². The fourth-order valence-corrected chi connectivity index (χ4v) is 2.97. The predicted octanol–water partition coefficient (Wildman–Crippen LogP) is 3.65.